The van der Waals surface area contributed by atoms with Crippen molar-refractivity contribution in [1.82, 2.24) is 5.73 Å². The van der Waals surface area contributed by atoms with Gasteiger partial charge in [0, 0.05) is 5.41 Å². The monoisotopic (exact) mass is 378 g/mol. The molecule has 0 aromatic carbocycles. The van der Waals surface area contributed by atoms with E-state index in [1.165, 1.54) is 96.3 Å². The van der Waals surface area contributed by atoms with E-state index >= 15 is 0 Å². The number of unbranched alkanes of at least 4 members (excludes halogenated alkanes) is 13. The Hall–Kier alpha value is -0.790. The Morgan fingerprint density at radius 3 is 1.63 bits per heavy atom. The summed E-state index contributed by atoms with van der Waals surface area (Å²) < 4.78 is 0. The summed E-state index contributed by atoms with van der Waals surface area (Å²) in [4.78, 5) is 11.4. The van der Waals surface area contributed by atoms with Gasteiger partial charge < -0.3 is 0 Å². The summed E-state index contributed by atoms with van der Waals surface area (Å²) in [5.41, 5.74) is 6.89. The van der Waals surface area contributed by atoms with Gasteiger partial charge in [-0.2, -0.15) is 0 Å². The number of rotatable bonds is 19. The van der Waals surface area contributed by atoms with Gasteiger partial charge in [0.1, 0.15) is 0 Å². The Kier molecular flexibility index (Phi) is 16.8. The lowest BCUT2D eigenvalue weighted by molar-refractivity contribution is -0.129. The normalized spacial score (nSPS) is 13.3. The number of amides is 1. The van der Waals surface area contributed by atoms with Crippen molar-refractivity contribution in [2.24, 2.45) is 11.3 Å². The van der Waals surface area contributed by atoms with Gasteiger partial charge in [-0.1, -0.05) is 110 Å². The first-order valence-corrected chi connectivity index (χ1v) is 11.8. The first kappa shape index (κ1) is 26.2. The Morgan fingerprint density at radius 1 is 0.778 bits per heavy atom. The van der Waals surface area contributed by atoms with Crippen LogP contribution in [-0.4, -0.2) is 5.91 Å². The van der Waals surface area contributed by atoms with Crippen molar-refractivity contribution in [2.45, 2.75) is 130 Å². The fraction of sp³-hybridized carbons (Fsp3) is 0.880. The third kappa shape index (κ3) is 14.9. The molecular formula is C25H48NO. The van der Waals surface area contributed by atoms with Crippen LogP contribution in [-0.2, 0) is 4.79 Å². The second-order valence-electron chi connectivity index (χ2n) is 9.03. The molecule has 1 unspecified atom stereocenters. The van der Waals surface area contributed by atoms with Crippen molar-refractivity contribution < 1.29 is 4.79 Å². The van der Waals surface area contributed by atoms with Gasteiger partial charge in [-0.15, -0.1) is 0 Å². The van der Waals surface area contributed by atoms with Crippen LogP contribution in [0.3, 0.4) is 0 Å². The van der Waals surface area contributed by atoms with Crippen LogP contribution >= 0.6 is 0 Å². The highest BCUT2D eigenvalue weighted by atomic mass is 16.1. The van der Waals surface area contributed by atoms with Gasteiger partial charge in [-0.25, -0.2) is 0 Å². The van der Waals surface area contributed by atoms with Crippen LogP contribution in [0.5, 0.6) is 0 Å². The zero-order valence-corrected chi connectivity index (χ0v) is 19.0. The Balaban J connectivity index is 3.34. The lowest BCUT2D eigenvalue weighted by Crippen LogP contribution is -2.32. The van der Waals surface area contributed by atoms with E-state index in [9.17, 15) is 4.79 Å². The van der Waals surface area contributed by atoms with Gasteiger partial charge in [-0.05, 0) is 38.0 Å². The molecule has 0 saturated heterocycles. The molecule has 1 N–H and O–H groups in total. The highest BCUT2D eigenvalue weighted by molar-refractivity contribution is 5.79. The minimum absolute atomic E-state index is 0.311. The minimum Gasteiger partial charge on any atom is -0.273 e. The molecule has 0 heterocycles. The highest BCUT2D eigenvalue weighted by Crippen LogP contribution is 2.30. The molecule has 0 aromatic rings. The maximum Gasteiger partial charge on any atom is 0.244 e. The van der Waals surface area contributed by atoms with Crippen LogP contribution in [0.25, 0.3) is 0 Å². The second kappa shape index (κ2) is 17.3. The zero-order chi connectivity index (χ0) is 20.4. The van der Waals surface area contributed by atoms with E-state index in [1.54, 1.807) is 0 Å². The lowest BCUT2D eigenvalue weighted by Gasteiger charge is -2.27. The van der Waals surface area contributed by atoms with Crippen LogP contribution in [0.15, 0.2) is 12.2 Å². The molecule has 0 saturated carbocycles. The fourth-order valence-corrected chi connectivity index (χ4v) is 3.46. The third-order valence-electron chi connectivity index (χ3n) is 6.22. The molecule has 0 bridgehead atoms. The number of hydrogen-bond acceptors (Lipinski definition) is 1. The Morgan fingerprint density at radius 2 is 1.19 bits per heavy atom. The summed E-state index contributed by atoms with van der Waals surface area (Å²) in [6, 6.07) is 0. The smallest absolute Gasteiger partial charge is 0.244 e. The van der Waals surface area contributed by atoms with E-state index < -0.39 is 11.3 Å². The average molecular weight is 379 g/mol. The molecule has 0 rings (SSSR count). The highest BCUT2D eigenvalue weighted by Gasteiger charge is 2.31. The number of hydrogen-bond donors (Lipinski definition) is 0. The Bertz CT molecular complexity index is 373. The van der Waals surface area contributed by atoms with E-state index in [0.29, 0.717) is 5.92 Å². The predicted molar refractivity (Wildman–Crippen MR) is 120 cm³/mol. The van der Waals surface area contributed by atoms with Crippen molar-refractivity contribution in [3.8, 4) is 0 Å². The van der Waals surface area contributed by atoms with Gasteiger partial charge in [0.05, 0.1) is 0 Å². The summed E-state index contributed by atoms with van der Waals surface area (Å²) in [6.45, 7) is 8.22. The lowest BCUT2D eigenvalue weighted by atomic mass is 9.77. The summed E-state index contributed by atoms with van der Waals surface area (Å²) in [5.74, 6) is -0.110. The van der Waals surface area contributed by atoms with Crippen LogP contribution in [0, 0.1) is 11.3 Å². The van der Waals surface area contributed by atoms with Crippen molar-refractivity contribution in [1.29, 1.82) is 0 Å². The van der Waals surface area contributed by atoms with Crippen LogP contribution in [0.1, 0.15) is 130 Å². The molecule has 27 heavy (non-hydrogen) atoms. The van der Waals surface area contributed by atoms with E-state index in [2.05, 4.69) is 26.0 Å². The molecular weight excluding hydrogens is 330 g/mol. The largest absolute Gasteiger partial charge is 0.273 e. The van der Waals surface area contributed by atoms with Crippen LogP contribution in [0.2, 0.25) is 0 Å². The van der Waals surface area contributed by atoms with Gasteiger partial charge in [0.15, 0.2) is 0 Å². The molecule has 2 heteroatoms. The maximum absolute atomic E-state index is 11.4. The van der Waals surface area contributed by atoms with E-state index in [4.69, 9.17) is 5.73 Å². The topological polar surface area (TPSA) is 40.9 Å². The number of carbonyl (C=O) groups is 1. The molecule has 1 amide bonds. The molecule has 2 nitrogen and oxygen atoms in total. The van der Waals surface area contributed by atoms with Gasteiger partial charge >= 0.3 is 0 Å². The van der Waals surface area contributed by atoms with Gasteiger partial charge in [0.25, 0.3) is 0 Å². The summed E-state index contributed by atoms with van der Waals surface area (Å²) in [6.07, 6.45) is 25.9. The first-order chi connectivity index (χ1) is 12.9. The summed E-state index contributed by atoms with van der Waals surface area (Å²) in [7, 11) is 0. The van der Waals surface area contributed by atoms with E-state index in [0.717, 1.165) is 6.42 Å². The quantitative estimate of drug-likeness (QED) is 0.165. The summed E-state index contributed by atoms with van der Waals surface area (Å²) >= 11 is 0. The molecule has 0 aromatic heterocycles. The number of allylic oxidation sites excluding steroid dienone is 2. The van der Waals surface area contributed by atoms with Crippen LogP contribution < -0.4 is 5.73 Å². The van der Waals surface area contributed by atoms with Crippen molar-refractivity contribution in [3.63, 3.8) is 0 Å². The summed E-state index contributed by atoms with van der Waals surface area (Å²) in [5, 5.41) is 0. The second-order valence-corrected chi connectivity index (χ2v) is 9.03. The SMILES string of the molecule is CCCCCCCC/C=C\CCCCCCCCCC(C)C(C)(C)C([NH])=O. The zero-order valence-electron chi connectivity index (χ0n) is 19.0. The molecule has 0 spiro atoms. The van der Waals surface area contributed by atoms with E-state index in [1.807, 2.05) is 13.8 Å². The van der Waals surface area contributed by atoms with Crippen LogP contribution in [0.4, 0.5) is 0 Å². The Labute approximate surface area is 170 Å². The maximum atomic E-state index is 11.4. The van der Waals surface area contributed by atoms with Gasteiger partial charge in [-0.3, -0.25) is 10.5 Å². The van der Waals surface area contributed by atoms with Crippen molar-refractivity contribution in [2.75, 3.05) is 0 Å². The minimum atomic E-state index is -0.484. The molecule has 0 aliphatic heterocycles. The predicted octanol–water partition coefficient (Wildman–Crippen LogP) is 8.28. The fourth-order valence-electron chi connectivity index (χ4n) is 3.46. The third-order valence-corrected chi connectivity index (χ3v) is 6.22. The molecule has 0 aliphatic rings. The molecule has 0 aliphatic carbocycles. The molecule has 1 atom stereocenters. The standard InChI is InChI=1S/C25H48NO/c1-5-6-7-8-9-10-11-12-13-14-15-16-17-18-19-20-21-22-23(2)25(3,4)24(26)27/h12-13,23,26H,5-11,14-22H2,1-4H3/b13-12-. The first-order valence-electron chi connectivity index (χ1n) is 11.8. The molecule has 0 fully saturated rings. The van der Waals surface area contributed by atoms with Crippen molar-refractivity contribution >= 4 is 5.91 Å². The van der Waals surface area contributed by atoms with Gasteiger partial charge in [0.2, 0.25) is 5.91 Å². The van der Waals surface area contributed by atoms with Crippen molar-refractivity contribution in [3.05, 3.63) is 12.2 Å². The molecule has 159 valence electrons. The average Bonchev–Trinajstić information content (AvgIpc) is 2.63. The number of nitrogens with one attached hydrogen (secondary N) is 1. The number of carbonyl (C=O) groups excluding carboxylic acids is 1. The molecule has 1 radical (unpaired) electrons. The van der Waals surface area contributed by atoms with E-state index in [-0.39, 0.29) is 0 Å².